The lowest BCUT2D eigenvalue weighted by Gasteiger charge is -2.12. The first-order chi connectivity index (χ1) is 15.1. The highest BCUT2D eigenvalue weighted by Crippen LogP contribution is 2.29. The fourth-order valence-electron chi connectivity index (χ4n) is 2.67. The van der Waals surface area contributed by atoms with Crippen molar-refractivity contribution >= 4 is 23.2 Å². The Morgan fingerprint density at radius 1 is 1.06 bits per heavy atom. The molecule has 0 saturated carbocycles. The number of nitrogens with one attached hydrogen (secondary N) is 2. The highest BCUT2D eigenvalue weighted by atomic mass is 35.5. The number of nitrogens with zero attached hydrogens (tertiary/aromatic N) is 2. The van der Waals surface area contributed by atoms with E-state index in [0.717, 1.165) is 42.6 Å². The van der Waals surface area contributed by atoms with Crippen LogP contribution < -0.4 is 16.2 Å². The monoisotopic (exact) mass is 472 g/mol. The molecule has 0 saturated heterocycles. The molecule has 0 spiro atoms. The van der Waals surface area contributed by atoms with Gasteiger partial charge in [-0.1, -0.05) is 11.6 Å². The number of hydrogen-bond donors (Lipinski definition) is 2. The Morgan fingerprint density at radius 3 is 2.38 bits per heavy atom. The zero-order chi connectivity index (χ0) is 23.5. The Balaban J connectivity index is 1.60. The van der Waals surface area contributed by atoms with Gasteiger partial charge in [0.05, 0.1) is 17.4 Å². The van der Waals surface area contributed by atoms with Crippen molar-refractivity contribution in [2.75, 3.05) is 18.4 Å². The molecule has 0 radical (unpaired) electrons. The van der Waals surface area contributed by atoms with Gasteiger partial charge in [0.25, 0.3) is 11.5 Å². The van der Waals surface area contributed by atoms with E-state index < -0.39 is 34.8 Å². The molecule has 0 atom stereocenters. The molecule has 12 heteroatoms. The summed E-state index contributed by atoms with van der Waals surface area (Å²) in [4.78, 5) is 24.4. The van der Waals surface area contributed by atoms with Gasteiger partial charge < -0.3 is 10.6 Å². The van der Waals surface area contributed by atoms with Gasteiger partial charge in [-0.2, -0.15) is 23.0 Å². The molecule has 1 heterocycles. The maximum Gasteiger partial charge on any atom is 0.416 e. The third-order valence-corrected chi connectivity index (χ3v) is 4.62. The molecule has 0 aliphatic rings. The van der Waals surface area contributed by atoms with Gasteiger partial charge >= 0.3 is 6.18 Å². The molecule has 3 rings (SSSR count). The largest absolute Gasteiger partial charge is 0.416 e. The number of amides is 1. The van der Waals surface area contributed by atoms with Crippen molar-refractivity contribution in [3.05, 3.63) is 86.8 Å². The van der Waals surface area contributed by atoms with Crippen LogP contribution in [0, 0.1) is 11.6 Å². The molecule has 32 heavy (non-hydrogen) atoms. The van der Waals surface area contributed by atoms with Crippen molar-refractivity contribution in [2.45, 2.75) is 6.18 Å². The minimum absolute atomic E-state index is 0.0432. The minimum atomic E-state index is -4.50. The van der Waals surface area contributed by atoms with Crippen LogP contribution in [0.15, 0.2) is 53.5 Å². The molecule has 0 bridgehead atoms. The number of halogens is 6. The third kappa shape index (κ3) is 5.22. The summed E-state index contributed by atoms with van der Waals surface area (Å²) >= 11 is 6.01. The standard InChI is InChI=1S/C20H14ClF5N4O2/c21-17-15(10-29-30(19(17)32)16-6-5-13(22)9-14(16)23)27-7-8-28-18(31)11-1-3-12(4-2-11)20(24,25)26/h1-6,9-10,27H,7-8H2,(H,28,31). The van der Waals surface area contributed by atoms with Gasteiger partial charge in [-0.25, -0.2) is 8.78 Å². The molecule has 1 aromatic heterocycles. The molecule has 3 aromatic rings. The average molecular weight is 473 g/mol. The normalized spacial score (nSPS) is 11.3. The first kappa shape index (κ1) is 23.2. The lowest BCUT2D eigenvalue weighted by atomic mass is 10.1. The molecular formula is C20H14ClF5N4O2. The number of hydrogen-bond acceptors (Lipinski definition) is 4. The summed E-state index contributed by atoms with van der Waals surface area (Å²) in [5, 5.41) is 8.76. The van der Waals surface area contributed by atoms with E-state index in [2.05, 4.69) is 15.7 Å². The fourth-order valence-corrected chi connectivity index (χ4v) is 2.86. The summed E-state index contributed by atoms with van der Waals surface area (Å²) in [5.41, 5.74) is -1.85. The molecule has 0 aliphatic carbocycles. The Labute approximate surface area is 182 Å². The third-order valence-electron chi connectivity index (χ3n) is 4.26. The molecule has 0 aliphatic heterocycles. The van der Waals surface area contributed by atoms with Crippen molar-refractivity contribution in [3.8, 4) is 5.69 Å². The van der Waals surface area contributed by atoms with E-state index in [1.165, 1.54) is 0 Å². The minimum Gasteiger partial charge on any atom is -0.381 e. The van der Waals surface area contributed by atoms with Crippen LogP contribution >= 0.6 is 11.6 Å². The SMILES string of the molecule is O=C(NCCNc1cnn(-c2ccc(F)cc2F)c(=O)c1Cl)c1ccc(C(F)(F)F)cc1. The second-order valence-corrected chi connectivity index (χ2v) is 6.82. The zero-order valence-electron chi connectivity index (χ0n) is 16.0. The van der Waals surface area contributed by atoms with Crippen LogP contribution in [0.5, 0.6) is 0 Å². The average Bonchev–Trinajstić information content (AvgIpc) is 2.74. The first-order valence-electron chi connectivity index (χ1n) is 9.00. The van der Waals surface area contributed by atoms with Crippen LogP contribution in [0.3, 0.4) is 0 Å². The summed E-state index contributed by atoms with van der Waals surface area (Å²) in [7, 11) is 0. The number of rotatable bonds is 6. The van der Waals surface area contributed by atoms with E-state index in [4.69, 9.17) is 11.6 Å². The Morgan fingerprint density at radius 2 is 1.75 bits per heavy atom. The van der Waals surface area contributed by atoms with Crippen LogP contribution in [0.1, 0.15) is 15.9 Å². The van der Waals surface area contributed by atoms with Gasteiger partial charge in [-0.05, 0) is 36.4 Å². The predicted molar refractivity (Wildman–Crippen MR) is 107 cm³/mol. The molecular weight excluding hydrogens is 459 g/mol. The van der Waals surface area contributed by atoms with Gasteiger partial charge in [-0.3, -0.25) is 9.59 Å². The molecule has 2 N–H and O–H groups in total. The van der Waals surface area contributed by atoms with Gasteiger partial charge in [0.15, 0.2) is 5.82 Å². The quantitative estimate of drug-likeness (QED) is 0.420. The van der Waals surface area contributed by atoms with Crippen LogP contribution in [-0.4, -0.2) is 28.8 Å². The second kappa shape index (κ2) is 9.35. The zero-order valence-corrected chi connectivity index (χ0v) is 16.8. The Hall–Kier alpha value is -3.47. The van der Waals surface area contributed by atoms with Crippen molar-refractivity contribution in [1.82, 2.24) is 15.1 Å². The number of aromatic nitrogens is 2. The lowest BCUT2D eigenvalue weighted by Crippen LogP contribution is -2.29. The van der Waals surface area contributed by atoms with Crippen molar-refractivity contribution in [3.63, 3.8) is 0 Å². The maximum atomic E-state index is 13.9. The summed E-state index contributed by atoms with van der Waals surface area (Å²) in [5.74, 6) is -2.41. The van der Waals surface area contributed by atoms with Gasteiger partial charge in [0.2, 0.25) is 0 Å². The maximum absolute atomic E-state index is 13.9. The van der Waals surface area contributed by atoms with E-state index in [-0.39, 0.29) is 35.1 Å². The number of carbonyl (C=O) groups excluding carboxylic acids is 1. The number of benzene rings is 2. The summed E-state index contributed by atoms with van der Waals surface area (Å²) in [6.45, 7) is 0.147. The van der Waals surface area contributed by atoms with Crippen LogP contribution in [0.25, 0.3) is 5.69 Å². The fraction of sp³-hybridized carbons (Fsp3) is 0.150. The van der Waals surface area contributed by atoms with E-state index in [1.807, 2.05) is 0 Å². The van der Waals surface area contributed by atoms with E-state index in [9.17, 15) is 31.5 Å². The van der Waals surface area contributed by atoms with E-state index >= 15 is 0 Å². The Bertz CT molecular complexity index is 1200. The van der Waals surface area contributed by atoms with E-state index in [0.29, 0.717) is 10.7 Å². The van der Waals surface area contributed by atoms with Crippen molar-refractivity contribution in [2.24, 2.45) is 0 Å². The summed E-state index contributed by atoms with van der Waals surface area (Å²) in [6, 6.07) is 6.32. The topological polar surface area (TPSA) is 76.0 Å². The van der Waals surface area contributed by atoms with Gasteiger partial charge in [0, 0.05) is 24.7 Å². The number of carbonyl (C=O) groups is 1. The smallest absolute Gasteiger partial charge is 0.381 e. The highest BCUT2D eigenvalue weighted by molar-refractivity contribution is 6.32. The van der Waals surface area contributed by atoms with Crippen molar-refractivity contribution < 1.29 is 26.7 Å². The van der Waals surface area contributed by atoms with Crippen LogP contribution in [0.4, 0.5) is 27.6 Å². The van der Waals surface area contributed by atoms with Crippen LogP contribution in [-0.2, 0) is 6.18 Å². The first-order valence-corrected chi connectivity index (χ1v) is 9.38. The Kier molecular flexibility index (Phi) is 6.78. The second-order valence-electron chi connectivity index (χ2n) is 6.44. The number of alkyl halides is 3. The van der Waals surface area contributed by atoms with Gasteiger partial charge in [0.1, 0.15) is 16.5 Å². The molecule has 2 aromatic carbocycles. The van der Waals surface area contributed by atoms with E-state index in [1.54, 1.807) is 0 Å². The highest BCUT2D eigenvalue weighted by Gasteiger charge is 2.30. The predicted octanol–water partition coefficient (Wildman–Crippen LogP) is 4.02. The molecule has 0 fully saturated rings. The van der Waals surface area contributed by atoms with Gasteiger partial charge in [-0.15, -0.1) is 0 Å². The number of anilines is 1. The molecule has 1 amide bonds. The molecule has 6 nitrogen and oxygen atoms in total. The lowest BCUT2D eigenvalue weighted by molar-refractivity contribution is -0.137. The molecule has 168 valence electrons. The molecule has 0 unspecified atom stereocenters. The van der Waals surface area contributed by atoms with Crippen LogP contribution in [0.2, 0.25) is 5.02 Å². The summed E-state index contributed by atoms with van der Waals surface area (Å²) in [6.07, 6.45) is -3.34. The summed E-state index contributed by atoms with van der Waals surface area (Å²) < 4.78 is 65.3. The van der Waals surface area contributed by atoms with Crippen molar-refractivity contribution in [1.29, 1.82) is 0 Å².